The number of amides is 1. The number of aliphatic hydroxyl groups is 4. The van der Waals surface area contributed by atoms with Gasteiger partial charge in [0.2, 0.25) is 5.78 Å². The van der Waals surface area contributed by atoms with Crippen LogP contribution in [0.5, 0.6) is 5.75 Å². The molecule has 0 unspecified atom stereocenters. The number of carbonyl (C=O) groups excluding carboxylic acids is 3. The summed E-state index contributed by atoms with van der Waals surface area (Å²) in [6, 6.07) is -0.0253. The summed E-state index contributed by atoms with van der Waals surface area (Å²) in [7, 11) is 2.87. The number of primary amides is 1. The van der Waals surface area contributed by atoms with Crippen molar-refractivity contribution in [2.75, 3.05) is 19.8 Å². The van der Waals surface area contributed by atoms with Crippen LogP contribution in [-0.4, -0.2) is 79.7 Å². The van der Waals surface area contributed by atoms with Crippen molar-refractivity contribution < 1.29 is 39.9 Å². The molecule has 1 aromatic carbocycles. The molecule has 9 N–H and O–H groups in total. The Kier molecular flexibility index (Phi) is 5.26. The lowest BCUT2D eigenvalue weighted by Gasteiger charge is -2.53. The topological polar surface area (TPSA) is 208 Å². The first-order valence-electron chi connectivity index (χ1n) is 10.3. The summed E-state index contributed by atoms with van der Waals surface area (Å²) in [6.07, 6.45) is -1.67. The molecule has 0 radical (unpaired) electrons. The Morgan fingerprint density at radius 3 is 2.32 bits per heavy atom. The number of halogens is 1. The molecular formula is C22H24ClN3O8. The summed E-state index contributed by atoms with van der Waals surface area (Å²) in [5.74, 6) is -9.79. The Morgan fingerprint density at radius 1 is 1.21 bits per heavy atom. The molecule has 1 amide bonds. The summed E-state index contributed by atoms with van der Waals surface area (Å²) in [6.45, 7) is 1.60. The maximum absolute atomic E-state index is 13.7. The third-order valence-corrected chi connectivity index (χ3v) is 7.55. The summed E-state index contributed by atoms with van der Waals surface area (Å²) in [4.78, 5) is 40.1. The van der Waals surface area contributed by atoms with E-state index in [0.29, 0.717) is 0 Å². The van der Waals surface area contributed by atoms with Crippen LogP contribution in [0.3, 0.4) is 0 Å². The van der Waals surface area contributed by atoms with Gasteiger partial charge in [-0.25, -0.2) is 0 Å². The maximum Gasteiger partial charge on any atom is 0.255 e. The molecule has 0 aromatic heterocycles. The number of nitrogens with zero attached hydrogens (tertiary/aromatic N) is 1. The van der Waals surface area contributed by atoms with E-state index in [1.54, 1.807) is 6.92 Å². The van der Waals surface area contributed by atoms with Crippen LogP contribution < -0.4 is 11.5 Å². The molecule has 34 heavy (non-hydrogen) atoms. The molecule has 12 heteroatoms. The second-order valence-corrected chi connectivity index (χ2v) is 9.54. The average Bonchev–Trinajstić information content (AvgIpc) is 2.74. The zero-order valence-electron chi connectivity index (χ0n) is 18.4. The van der Waals surface area contributed by atoms with Crippen LogP contribution in [0.25, 0.3) is 5.76 Å². The molecule has 3 aliphatic carbocycles. The van der Waals surface area contributed by atoms with Crippen molar-refractivity contribution in [3.05, 3.63) is 39.1 Å². The highest BCUT2D eigenvalue weighted by atomic mass is 35.5. The monoisotopic (exact) mass is 493 g/mol. The van der Waals surface area contributed by atoms with Gasteiger partial charge in [0.25, 0.3) is 5.91 Å². The van der Waals surface area contributed by atoms with Gasteiger partial charge in [-0.3, -0.25) is 19.3 Å². The van der Waals surface area contributed by atoms with E-state index in [0.717, 1.165) is 0 Å². The highest BCUT2D eigenvalue weighted by Gasteiger charge is 2.68. The van der Waals surface area contributed by atoms with Crippen LogP contribution in [0, 0.1) is 11.8 Å². The van der Waals surface area contributed by atoms with Crippen molar-refractivity contribution >= 4 is 40.5 Å². The first-order valence-corrected chi connectivity index (χ1v) is 10.7. The summed E-state index contributed by atoms with van der Waals surface area (Å²) in [5, 5.41) is 55.4. The first kappa shape index (κ1) is 24.0. The highest BCUT2D eigenvalue weighted by Crippen LogP contribution is 2.57. The van der Waals surface area contributed by atoms with Crippen molar-refractivity contribution in [2.24, 2.45) is 17.6 Å². The molecule has 0 saturated heterocycles. The molecule has 0 heterocycles. The molecule has 1 fully saturated rings. The van der Waals surface area contributed by atoms with Crippen LogP contribution in [-0.2, 0) is 14.4 Å². The fourth-order valence-electron chi connectivity index (χ4n) is 5.66. The number of carbonyl (C=O) groups is 3. The Hall–Kier alpha value is -3.12. The van der Waals surface area contributed by atoms with Gasteiger partial charge < -0.3 is 37.0 Å². The fourth-order valence-corrected chi connectivity index (χ4v) is 5.87. The van der Waals surface area contributed by atoms with E-state index >= 15 is 0 Å². The average molecular weight is 494 g/mol. The predicted octanol–water partition coefficient (Wildman–Crippen LogP) is -0.269. The van der Waals surface area contributed by atoms with Crippen molar-refractivity contribution in [3.63, 3.8) is 0 Å². The standard InChI is InChI=1S/C22H24ClN3O8/c1-5-6-4-7(23)13(24)17(29)9(6)15(27)10-8(5)16(28)12-14(26(2)3)18(30)11(21(25)33)20(32)22(12,34)19(10)31/h4-5,8,12,14,16,27-29,32,34H,24H2,1-3H3,(H2,25,33)/t5-,8+,12+,14-,16-,22+/m0/s1. The number of phenolic OH excluding ortho intramolecular Hbond substituents is 1. The van der Waals surface area contributed by atoms with Gasteiger partial charge in [-0.2, -0.15) is 0 Å². The number of rotatable bonds is 2. The summed E-state index contributed by atoms with van der Waals surface area (Å²) >= 11 is 6.10. The van der Waals surface area contributed by atoms with Crippen LogP contribution in [0.15, 0.2) is 23.0 Å². The van der Waals surface area contributed by atoms with E-state index in [1.807, 2.05) is 0 Å². The van der Waals surface area contributed by atoms with Crippen molar-refractivity contribution in [1.82, 2.24) is 4.90 Å². The van der Waals surface area contributed by atoms with Gasteiger partial charge >= 0.3 is 0 Å². The van der Waals surface area contributed by atoms with Gasteiger partial charge in [0.1, 0.15) is 17.1 Å². The van der Waals surface area contributed by atoms with Crippen LogP contribution >= 0.6 is 11.6 Å². The lowest BCUT2D eigenvalue weighted by Crippen LogP contribution is -2.70. The number of aromatic hydroxyl groups is 1. The van der Waals surface area contributed by atoms with Crippen LogP contribution in [0.2, 0.25) is 5.02 Å². The molecule has 1 aromatic rings. The van der Waals surface area contributed by atoms with Crippen LogP contribution in [0.1, 0.15) is 24.0 Å². The van der Waals surface area contributed by atoms with Crippen molar-refractivity contribution in [2.45, 2.75) is 30.6 Å². The minimum Gasteiger partial charge on any atom is -0.508 e. The number of Topliss-reactive ketones (excluding diaryl/α,β-unsaturated/α-hetero) is 2. The van der Waals surface area contributed by atoms with Crippen molar-refractivity contribution in [3.8, 4) is 5.75 Å². The molecule has 0 spiro atoms. The van der Waals surface area contributed by atoms with E-state index in [4.69, 9.17) is 23.1 Å². The van der Waals surface area contributed by atoms with Gasteiger partial charge in [0.05, 0.1) is 34.3 Å². The lowest BCUT2D eigenvalue weighted by molar-refractivity contribution is -0.169. The van der Waals surface area contributed by atoms with Crippen LogP contribution in [0.4, 0.5) is 5.69 Å². The van der Waals surface area contributed by atoms with Gasteiger partial charge in [0, 0.05) is 11.5 Å². The Balaban J connectivity index is 2.08. The Bertz CT molecular complexity index is 1240. The summed E-state index contributed by atoms with van der Waals surface area (Å²) in [5.41, 5.74) is 6.42. The number of ketones is 2. The van der Waals surface area contributed by atoms with Gasteiger partial charge in [0.15, 0.2) is 17.1 Å². The number of fused-ring (bicyclic) bond motifs is 3. The molecule has 6 atom stereocenters. The summed E-state index contributed by atoms with van der Waals surface area (Å²) < 4.78 is 0. The predicted molar refractivity (Wildman–Crippen MR) is 120 cm³/mol. The molecule has 11 nitrogen and oxygen atoms in total. The number of benzene rings is 1. The number of nitrogen functional groups attached to an aromatic ring is 1. The van der Waals surface area contributed by atoms with Gasteiger partial charge in [-0.05, 0) is 31.6 Å². The largest absolute Gasteiger partial charge is 0.508 e. The molecule has 3 aliphatic rings. The SMILES string of the molecule is C[C@H]1c2cc(Cl)c(N)c(O)c2C(O)=C2C(=O)[C@@]3(O)C(O)=C(C(N)=O)C(=O)[C@@H](N(C)C)[C@@H]3[C@@H](O)[C@@H]21. The molecular weight excluding hydrogens is 470 g/mol. The number of aliphatic hydroxyl groups excluding tert-OH is 3. The third-order valence-electron chi connectivity index (χ3n) is 7.24. The van der Waals surface area contributed by atoms with E-state index in [-0.39, 0.29) is 21.8 Å². The highest BCUT2D eigenvalue weighted by molar-refractivity contribution is 6.33. The Morgan fingerprint density at radius 2 is 1.79 bits per heavy atom. The first-order chi connectivity index (χ1) is 15.7. The quantitative estimate of drug-likeness (QED) is 0.163. The lowest BCUT2D eigenvalue weighted by atomic mass is 9.54. The van der Waals surface area contributed by atoms with Crippen molar-refractivity contribution in [1.29, 1.82) is 0 Å². The van der Waals surface area contributed by atoms with E-state index < -0.39 is 81.4 Å². The van der Waals surface area contributed by atoms with E-state index in [9.17, 15) is 39.9 Å². The Labute approximate surface area is 198 Å². The minimum atomic E-state index is -2.96. The molecule has 4 rings (SSSR count). The zero-order chi connectivity index (χ0) is 25.6. The number of likely N-dealkylation sites (N-methyl/N-ethyl adjacent to an activating group) is 1. The number of phenols is 1. The number of hydrogen-bond acceptors (Lipinski definition) is 10. The maximum atomic E-state index is 13.7. The number of nitrogens with two attached hydrogens (primary N) is 2. The van der Waals surface area contributed by atoms with Gasteiger partial charge in [-0.15, -0.1) is 0 Å². The zero-order valence-corrected chi connectivity index (χ0v) is 19.2. The smallest absolute Gasteiger partial charge is 0.255 e. The number of anilines is 1. The molecule has 0 bridgehead atoms. The van der Waals surface area contributed by atoms with E-state index in [2.05, 4.69) is 0 Å². The second kappa shape index (κ2) is 7.44. The minimum absolute atomic E-state index is 0.0156. The fraction of sp³-hybridized carbons (Fsp3) is 0.409. The third kappa shape index (κ3) is 2.72. The molecule has 1 saturated carbocycles. The molecule has 182 valence electrons. The molecule has 0 aliphatic heterocycles. The second-order valence-electron chi connectivity index (χ2n) is 9.13. The normalized spacial score (nSPS) is 33.1. The van der Waals surface area contributed by atoms with E-state index in [1.165, 1.54) is 25.1 Å². The van der Waals surface area contributed by atoms with Gasteiger partial charge in [-0.1, -0.05) is 18.5 Å². The number of hydrogen-bond donors (Lipinski definition) is 7.